The van der Waals surface area contributed by atoms with E-state index in [-0.39, 0.29) is 4.70 Å². The SMILES string of the molecule is O=S(=O)([O-])C(F)(F)F.[F-]. The van der Waals surface area contributed by atoms with Gasteiger partial charge in [0.15, 0.2) is 10.1 Å². The van der Waals surface area contributed by atoms with Crippen LogP contribution in [0.2, 0.25) is 0 Å². The van der Waals surface area contributed by atoms with Crippen molar-refractivity contribution in [2.45, 2.75) is 5.51 Å². The first kappa shape index (κ1) is 11.4. The molecular weight excluding hydrogens is 168 g/mol. The molecule has 0 atom stereocenters. The lowest BCUT2D eigenvalue weighted by atomic mass is 11.6. The topological polar surface area (TPSA) is 57.2 Å². The molecule has 0 N–H and O–H groups in total. The maximum Gasteiger partial charge on any atom is 0.485 e. The van der Waals surface area contributed by atoms with Crippen LogP contribution in [0.25, 0.3) is 0 Å². The largest absolute Gasteiger partial charge is 1.00 e. The molecule has 0 saturated carbocycles. The smallest absolute Gasteiger partial charge is 0.485 e. The summed E-state index contributed by atoms with van der Waals surface area (Å²) in [7, 11) is -6.09. The summed E-state index contributed by atoms with van der Waals surface area (Å²) < 4.78 is 58.9. The Bertz CT molecular complexity index is 165. The van der Waals surface area contributed by atoms with Crippen LogP contribution in [0.4, 0.5) is 13.2 Å². The summed E-state index contributed by atoms with van der Waals surface area (Å²) in [6.07, 6.45) is 0. The predicted molar refractivity (Wildman–Crippen MR) is 15.8 cm³/mol. The molecule has 0 amide bonds. The minimum atomic E-state index is -6.09. The van der Waals surface area contributed by atoms with Gasteiger partial charge >= 0.3 is 5.51 Å². The van der Waals surface area contributed by atoms with Gasteiger partial charge in [-0.2, -0.15) is 13.2 Å². The molecular formula is CF4O3S-2. The van der Waals surface area contributed by atoms with Crippen LogP contribution in [0.15, 0.2) is 0 Å². The lowest BCUT2D eigenvalue weighted by Gasteiger charge is -2.08. The van der Waals surface area contributed by atoms with Gasteiger partial charge in [-0.05, 0) is 0 Å². The zero-order valence-corrected chi connectivity index (χ0v) is 4.46. The van der Waals surface area contributed by atoms with Crippen molar-refractivity contribution in [1.29, 1.82) is 0 Å². The molecule has 0 aliphatic carbocycles. The molecule has 0 rings (SSSR count). The fourth-order valence-corrected chi connectivity index (χ4v) is 0. The number of hydrogen-bond donors (Lipinski definition) is 0. The summed E-state index contributed by atoms with van der Waals surface area (Å²) in [5.74, 6) is 0. The first-order chi connectivity index (χ1) is 3.25. The molecule has 0 unspecified atom stereocenters. The Morgan fingerprint density at radius 2 is 1.33 bits per heavy atom. The molecule has 0 fully saturated rings. The Hall–Kier alpha value is -0.370. The molecule has 0 aliphatic rings. The molecule has 58 valence electrons. The lowest BCUT2D eigenvalue weighted by molar-refractivity contribution is -0.0517. The van der Waals surface area contributed by atoms with Gasteiger partial charge in [-0.1, -0.05) is 0 Å². The second kappa shape index (κ2) is 2.48. The Balaban J connectivity index is 0. The van der Waals surface area contributed by atoms with Gasteiger partial charge in [0.1, 0.15) is 0 Å². The maximum absolute atomic E-state index is 10.7. The summed E-state index contributed by atoms with van der Waals surface area (Å²) in [6.45, 7) is 0. The van der Waals surface area contributed by atoms with E-state index in [1.54, 1.807) is 0 Å². The van der Waals surface area contributed by atoms with E-state index >= 15 is 0 Å². The normalized spacial score (nSPS) is 12.4. The molecule has 0 heterocycles. The molecule has 3 nitrogen and oxygen atoms in total. The van der Waals surface area contributed by atoms with Crippen molar-refractivity contribution < 1.29 is 30.8 Å². The van der Waals surface area contributed by atoms with E-state index in [1.807, 2.05) is 0 Å². The molecule has 0 spiro atoms. The maximum atomic E-state index is 10.7. The first-order valence-corrected chi connectivity index (χ1v) is 2.68. The van der Waals surface area contributed by atoms with Gasteiger partial charge in [0, 0.05) is 0 Å². The number of hydrogen-bond acceptors (Lipinski definition) is 3. The van der Waals surface area contributed by atoms with Crippen molar-refractivity contribution in [1.82, 2.24) is 0 Å². The van der Waals surface area contributed by atoms with Crippen LogP contribution in [0.1, 0.15) is 0 Å². The van der Waals surface area contributed by atoms with E-state index in [9.17, 15) is 13.2 Å². The first-order valence-electron chi connectivity index (χ1n) is 1.27. The third-order valence-electron chi connectivity index (χ3n) is 0.283. The highest BCUT2D eigenvalue weighted by Gasteiger charge is 2.36. The summed E-state index contributed by atoms with van der Waals surface area (Å²) in [6, 6.07) is 0. The Kier molecular flexibility index (Phi) is 3.15. The average Bonchev–Trinajstić information content (AvgIpc) is 1.25. The second-order valence-corrected chi connectivity index (χ2v) is 2.27. The van der Waals surface area contributed by atoms with E-state index < -0.39 is 15.6 Å². The standard InChI is InChI=1S/CHF3O3S.FH/c2-1(3,4)8(5,6)7;/h(H,5,6,7);1H/p-2. The highest BCUT2D eigenvalue weighted by Crippen LogP contribution is 2.20. The fourth-order valence-electron chi connectivity index (χ4n) is 0. The number of halogens is 4. The number of rotatable bonds is 0. The minimum absolute atomic E-state index is 0. The molecule has 0 aromatic heterocycles. The highest BCUT2D eigenvalue weighted by atomic mass is 32.2. The second-order valence-electron chi connectivity index (χ2n) is 0.900. The Morgan fingerprint density at radius 3 is 1.33 bits per heavy atom. The summed E-state index contributed by atoms with van der Waals surface area (Å²) in [5.41, 5.74) is -5.65. The van der Waals surface area contributed by atoms with Crippen molar-refractivity contribution in [3.63, 3.8) is 0 Å². The molecule has 0 bridgehead atoms. The van der Waals surface area contributed by atoms with Gasteiger partial charge in [0.05, 0.1) is 0 Å². The molecule has 9 heavy (non-hydrogen) atoms. The van der Waals surface area contributed by atoms with Crippen LogP contribution in [-0.4, -0.2) is 18.5 Å². The zero-order valence-electron chi connectivity index (χ0n) is 3.64. The van der Waals surface area contributed by atoms with Crippen LogP contribution in [0.3, 0.4) is 0 Å². The average molecular weight is 168 g/mol. The van der Waals surface area contributed by atoms with Gasteiger partial charge in [-0.3, -0.25) is 0 Å². The van der Waals surface area contributed by atoms with Crippen LogP contribution in [0.5, 0.6) is 0 Å². The molecule has 0 saturated heterocycles. The van der Waals surface area contributed by atoms with E-state index in [0.717, 1.165) is 0 Å². The molecule has 8 heteroatoms. The zero-order chi connectivity index (χ0) is 7.00. The molecule has 0 aliphatic heterocycles. The van der Waals surface area contributed by atoms with E-state index in [0.29, 0.717) is 0 Å². The Labute approximate surface area is 47.6 Å². The molecule has 0 radical (unpaired) electrons. The van der Waals surface area contributed by atoms with Gasteiger partial charge in [0.25, 0.3) is 0 Å². The van der Waals surface area contributed by atoms with Gasteiger partial charge in [-0.25, -0.2) is 8.42 Å². The van der Waals surface area contributed by atoms with Crippen molar-refractivity contribution >= 4 is 10.1 Å². The summed E-state index contributed by atoms with van der Waals surface area (Å²) >= 11 is 0. The number of alkyl halides is 3. The van der Waals surface area contributed by atoms with Crippen molar-refractivity contribution in [3.05, 3.63) is 0 Å². The van der Waals surface area contributed by atoms with Gasteiger partial charge in [0.2, 0.25) is 0 Å². The molecule has 0 aromatic rings. The van der Waals surface area contributed by atoms with Crippen molar-refractivity contribution in [2.75, 3.05) is 0 Å². The predicted octanol–water partition coefficient (Wildman–Crippen LogP) is -2.94. The van der Waals surface area contributed by atoms with Gasteiger partial charge < -0.3 is 9.26 Å². The summed E-state index contributed by atoms with van der Waals surface area (Å²) in [4.78, 5) is 0. The third kappa shape index (κ3) is 3.25. The summed E-state index contributed by atoms with van der Waals surface area (Å²) in [5, 5.41) is 0. The van der Waals surface area contributed by atoms with Crippen LogP contribution in [0, 0.1) is 0 Å². The fraction of sp³-hybridized carbons (Fsp3) is 1.00. The van der Waals surface area contributed by atoms with E-state index in [4.69, 9.17) is 13.0 Å². The van der Waals surface area contributed by atoms with Crippen LogP contribution < -0.4 is 4.70 Å². The van der Waals surface area contributed by atoms with Crippen molar-refractivity contribution in [2.24, 2.45) is 0 Å². The van der Waals surface area contributed by atoms with Crippen LogP contribution in [-0.2, 0) is 10.1 Å². The minimum Gasteiger partial charge on any atom is -1.00 e. The van der Waals surface area contributed by atoms with Crippen molar-refractivity contribution in [3.8, 4) is 0 Å². The van der Waals surface area contributed by atoms with E-state index in [1.165, 1.54) is 0 Å². The van der Waals surface area contributed by atoms with E-state index in [2.05, 4.69) is 0 Å². The molecule has 0 aromatic carbocycles. The van der Waals surface area contributed by atoms with Gasteiger partial charge in [-0.15, -0.1) is 0 Å². The third-order valence-corrected chi connectivity index (χ3v) is 0.850. The Morgan fingerprint density at radius 1 is 1.22 bits per heavy atom. The monoisotopic (exact) mass is 168 g/mol. The highest BCUT2D eigenvalue weighted by molar-refractivity contribution is 7.86. The lowest BCUT2D eigenvalue weighted by Crippen LogP contribution is -3.00. The quantitative estimate of drug-likeness (QED) is 0.221. The van der Waals surface area contributed by atoms with Crippen LogP contribution >= 0.6 is 0 Å².